The van der Waals surface area contributed by atoms with Crippen molar-refractivity contribution < 1.29 is 0 Å². The van der Waals surface area contributed by atoms with Gasteiger partial charge in [-0.2, -0.15) is 0 Å². The summed E-state index contributed by atoms with van der Waals surface area (Å²) in [5.74, 6) is 1.55. The zero-order valence-corrected chi connectivity index (χ0v) is 24.5. The molecule has 0 aliphatic carbocycles. The first-order valence-corrected chi connectivity index (χ1v) is 15.6. The molecule has 44 heavy (non-hydrogen) atoms. The fourth-order valence-electron chi connectivity index (χ4n) is 6.44. The van der Waals surface area contributed by atoms with Crippen LogP contribution in [0.15, 0.2) is 152 Å². The summed E-state index contributed by atoms with van der Waals surface area (Å²) >= 11 is 1.83. The second-order valence-corrected chi connectivity index (χ2v) is 12.1. The maximum absolute atomic E-state index is 5.30. The van der Waals surface area contributed by atoms with Crippen LogP contribution in [0.1, 0.15) is 0 Å². The maximum Gasteiger partial charge on any atom is 0.162 e. The summed E-state index contributed by atoms with van der Waals surface area (Å²) in [6.07, 6.45) is 0. The van der Waals surface area contributed by atoms with Crippen LogP contribution >= 0.6 is 11.3 Å². The molecule has 0 amide bonds. The molecule has 9 rings (SSSR count). The molecule has 9 aromatic rings. The van der Waals surface area contributed by atoms with Gasteiger partial charge < -0.3 is 0 Å². The fraction of sp³-hybridized carbons (Fsp3) is 0. The third kappa shape index (κ3) is 3.96. The van der Waals surface area contributed by atoms with Crippen molar-refractivity contribution in [3.8, 4) is 39.6 Å². The molecule has 0 saturated heterocycles. The van der Waals surface area contributed by atoms with E-state index < -0.39 is 0 Å². The molecule has 0 radical (unpaired) electrons. The topological polar surface area (TPSA) is 30.7 Å². The fourth-order valence-corrected chi connectivity index (χ4v) is 7.57. The highest BCUT2D eigenvalue weighted by Crippen LogP contribution is 2.41. The Morgan fingerprint density at radius 3 is 1.86 bits per heavy atom. The summed E-state index contributed by atoms with van der Waals surface area (Å²) in [5.41, 5.74) is 7.57. The summed E-state index contributed by atoms with van der Waals surface area (Å²) in [5, 5.41) is 4.92. The zero-order valence-electron chi connectivity index (χ0n) is 23.7. The lowest BCUT2D eigenvalue weighted by molar-refractivity contribution is 1.05. The summed E-state index contributed by atoms with van der Waals surface area (Å²) < 4.78 is 4.82. The Hall–Kier alpha value is -5.58. The first-order valence-electron chi connectivity index (χ1n) is 14.8. The van der Waals surface area contributed by atoms with Crippen molar-refractivity contribution in [2.75, 3.05) is 0 Å². The van der Waals surface area contributed by atoms with Gasteiger partial charge in [-0.3, -0.25) is 4.57 Å². The highest BCUT2D eigenvalue weighted by atomic mass is 32.1. The number of nitrogens with zero attached hydrogens (tertiary/aromatic N) is 3. The summed E-state index contributed by atoms with van der Waals surface area (Å²) in [6, 6.07) is 53.6. The number of para-hydroxylation sites is 2. The van der Waals surface area contributed by atoms with Gasteiger partial charge in [0.05, 0.1) is 16.7 Å². The molecular weight excluding hydrogens is 555 g/mol. The van der Waals surface area contributed by atoms with Gasteiger partial charge in [0, 0.05) is 48.1 Å². The molecule has 0 unspecified atom stereocenters. The Labute approximate surface area is 258 Å². The summed E-state index contributed by atoms with van der Waals surface area (Å²) in [4.78, 5) is 10.6. The molecule has 206 valence electrons. The molecule has 0 spiro atoms. The molecule has 0 bridgehead atoms. The summed E-state index contributed by atoms with van der Waals surface area (Å²) in [7, 11) is 0. The Morgan fingerprint density at radius 2 is 1.07 bits per heavy atom. The van der Waals surface area contributed by atoms with E-state index in [0.29, 0.717) is 5.82 Å². The van der Waals surface area contributed by atoms with Crippen LogP contribution in [-0.2, 0) is 0 Å². The van der Waals surface area contributed by atoms with Crippen molar-refractivity contribution in [1.29, 1.82) is 0 Å². The molecular formula is C40H25N3S. The summed E-state index contributed by atoms with van der Waals surface area (Å²) in [6.45, 7) is 0. The van der Waals surface area contributed by atoms with E-state index in [9.17, 15) is 0 Å². The van der Waals surface area contributed by atoms with E-state index in [1.54, 1.807) is 0 Å². The van der Waals surface area contributed by atoms with E-state index in [2.05, 4.69) is 150 Å². The van der Waals surface area contributed by atoms with Crippen LogP contribution in [-0.4, -0.2) is 14.5 Å². The number of benzene rings is 6. The molecule has 3 aromatic heterocycles. The van der Waals surface area contributed by atoms with Crippen molar-refractivity contribution in [2.45, 2.75) is 0 Å². The number of hydrogen-bond donors (Lipinski definition) is 0. The van der Waals surface area contributed by atoms with E-state index >= 15 is 0 Å². The Kier molecular flexibility index (Phi) is 5.68. The minimum atomic E-state index is 0.702. The predicted octanol–water partition coefficient (Wildman–Crippen LogP) is 10.9. The predicted molar refractivity (Wildman–Crippen MR) is 186 cm³/mol. The van der Waals surface area contributed by atoms with Gasteiger partial charge in [0.2, 0.25) is 0 Å². The largest absolute Gasteiger partial charge is 0.294 e. The second kappa shape index (κ2) is 10.0. The first kappa shape index (κ1) is 25.0. The van der Waals surface area contributed by atoms with Crippen LogP contribution in [0.25, 0.3) is 81.6 Å². The van der Waals surface area contributed by atoms with Gasteiger partial charge in [-0.15, -0.1) is 11.3 Å². The minimum Gasteiger partial charge on any atom is -0.294 e. The SMILES string of the molecule is c1ccc(-c2cccc(-c3nc(-c4cccc5sc6ccccc6c45)cc(-n4c5ccccc5c5ccccc54)n3)c2)cc1. The molecule has 3 nitrogen and oxygen atoms in total. The molecule has 0 saturated carbocycles. The number of thiophene rings is 1. The molecule has 4 heteroatoms. The smallest absolute Gasteiger partial charge is 0.162 e. The van der Waals surface area contributed by atoms with Crippen LogP contribution in [0, 0.1) is 0 Å². The number of fused-ring (bicyclic) bond motifs is 6. The van der Waals surface area contributed by atoms with Crippen molar-refractivity contribution in [1.82, 2.24) is 14.5 Å². The van der Waals surface area contributed by atoms with E-state index in [4.69, 9.17) is 9.97 Å². The Morgan fingerprint density at radius 1 is 0.455 bits per heavy atom. The molecule has 0 N–H and O–H groups in total. The third-order valence-corrected chi connectivity index (χ3v) is 9.56. The van der Waals surface area contributed by atoms with Gasteiger partial charge in [0.1, 0.15) is 5.82 Å². The van der Waals surface area contributed by atoms with Gasteiger partial charge in [-0.25, -0.2) is 9.97 Å². The van der Waals surface area contributed by atoms with Crippen molar-refractivity contribution in [2.24, 2.45) is 0 Å². The molecule has 0 fully saturated rings. The zero-order chi connectivity index (χ0) is 29.0. The lowest BCUT2D eigenvalue weighted by Gasteiger charge is -2.13. The standard InChI is InChI=1S/C40H25N3S/c1-2-12-26(13-3-1)27-14-10-15-28(24-27)40-41-33(31-19-11-23-37-39(31)32-18-6-9-22-36(32)44-37)25-38(42-40)43-34-20-7-4-16-29(34)30-17-5-8-21-35(30)43/h1-25H. The lowest BCUT2D eigenvalue weighted by atomic mass is 10.0. The molecule has 6 aromatic carbocycles. The van der Waals surface area contributed by atoms with Crippen molar-refractivity contribution >= 4 is 53.3 Å². The molecule has 3 heterocycles. The normalized spacial score (nSPS) is 11.6. The van der Waals surface area contributed by atoms with Gasteiger partial charge in [0.15, 0.2) is 5.82 Å². The Bertz CT molecular complexity index is 2450. The number of aromatic nitrogens is 3. The molecule has 0 aliphatic heterocycles. The average Bonchev–Trinajstić information content (AvgIpc) is 3.65. The van der Waals surface area contributed by atoms with E-state index in [0.717, 1.165) is 39.2 Å². The van der Waals surface area contributed by atoms with E-state index in [1.165, 1.54) is 36.5 Å². The highest BCUT2D eigenvalue weighted by molar-refractivity contribution is 7.25. The third-order valence-electron chi connectivity index (χ3n) is 8.43. The van der Waals surface area contributed by atoms with E-state index in [-0.39, 0.29) is 0 Å². The van der Waals surface area contributed by atoms with Crippen LogP contribution in [0.3, 0.4) is 0 Å². The molecule has 0 atom stereocenters. The van der Waals surface area contributed by atoms with Crippen molar-refractivity contribution in [3.05, 3.63) is 152 Å². The lowest BCUT2D eigenvalue weighted by Crippen LogP contribution is -2.02. The minimum absolute atomic E-state index is 0.702. The second-order valence-electron chi connectivity index (χ2n) is 11.0. The van der Waals surface area contributed by atoms with Crippen LogP contribution in [0.5, 0.6) is 0 Å². The van der Waals surface area contributed by atoms with Crippen LogP contribution in [0.4, 0.5) is 0 Å². The number of rotatable bonds is 4. The van der Waals surface area contributed by atoms with Crippen molar-refractivity contribution in [3.63, 3.8) is 0 Å². The van der Waals surface area contributed by atoms with Gasteiger partial charge in [0.25, 0.3) is 0 Å². The van der Waals surface area contributed by atoms with Gasteiger partial charge in [-0.05, 0) is 41.5 Å². The van der Waals surface area contributed by atoms with E-state index in [1.807, 2.05) is 17.4 Å². The molecule has 0 aliphatic rings. The highest BCUT2D eigenvalue weighted by Gasteiger charge is 2.18. The first-order chi connectivity index (χ1) is 21.8. The Balaban J connectivity index is 1.35. The van der Waals surface area contributed by atoms with Crippen LogP contribution in [0.2, 0.25) is 0 Å². The average molecular weight is 580 g/mol. The van der Waals surface area contributed by atoms with Gasteiger partial charge in [-0.1, -0.05) is 115 Å². The number of hydrogen-bond acceptors (Lipinski definition) is 3. The maximum atomic E-state index is 5.30. The quantitative estimate of drug-likeness (QED) is 0.208. The monoisotopic (exact) mass is 579 g/mol. The van der Waals surface area contributed by atoms with Gasteiger partial charge >= 0.3 is 0 Å². The van der Waals surface area contributed by atoms with Crippen LogP contribution < -0.4 is 0 Å².